The molecule has 1 aliphatic heterocycles. The molecule has 1 saturated heterocycles. The van der Waals surface area contributed by atoms with Gasteiger partial charge in [-0.15, -0.1) is 0 Å². The van der Waals surface area contributed by atoms with Crippen molar-refractivity contribution in [1.29, 1.82) is 0 Å². The molecule has 1 heterocycles. The number of piperazine rings is 1. The standard InChI is InChI=1S/C16H24BrClN2O/c1-16(2,3)20-9-15(19-8-14(20)10-21-4)11-5-12(17)7-13(18)6-11/h5-7,14-15,19H,8-10H2,1-4H3/t14-,15+/m1/s1. The van der Waals surface area contributed by atoms with Crippen molar-refractivity contribution in [3.05, 3.63) is 33.3 Å². The number of ether oxygens (including phenoxy) is 1. The quantitative estimate of drug-likeness (QED) is 0.868. The summed E-state index contributed by atoms with van der Waals surface area (Å²) in [5.41, 5.74) is 1.33. The van der Waals surface area contributed by atoms with E-state index in [1.54, 1.807) is 7.11 Å². The minimum Gasteiger partial charge on any atom is -0.383 e. The molecule has 0 amide bonds. The maximum Gasteiger partial charge on any atom is 0.0630 e. The largest absolute Gasteiger partial charge is 0.383 e. The molecule has 118 valence electrons. The molecule has 0 aliphatic carbocycles. The number of benzene rings is 1. The van der Waals surface area contributed by atoms with E-state index in [1.807, 2.05) is 12.1 Å². The SMILES string of the molecule is COC[C@H]1CN[C@H](c2cc(Cl)cc(Br)c2)CN1C(C)(C)C. The molecule has 0 aromatic heterocycles. The first kappa shape index (κ1) is 17.2. The topological polar surface area (TPSA) is 24.5 Å². The van der Waals surface area contributed by atoms with Gasteiger partial charge in [-0.25, -0.2) is 0 Å². The maximum atomic E-state index is 6.18. The molecule has 21 heavy (non-hydrogen) atoms. The Morgan fingerprint density at radius 3 is 2.67 bits per heavy atom. The molecule has 0 saturated carbocycles. The molecule has 1 aromatic rings. The summed E-state index contributed by atoms with van der Waals surface area (Å²) in [6, 6.07) is 6.78. The van der Waals surface area contributed by atoms with Crippen molar-refractivity contribution in [2.24, 2.45) is 0 Å². The lowest BCUT2D eigenvalue weighted by Crippen LogP contribution is -2.60. The molecule has 0 radical (unpaired) electrons. The lowest BCUT2D eigenvalue weighted by Gasteiger charge is -2.47. The summed E-state index contributed by atoms with van der Waals surface area (Å²) in [7, 11) is 1.76. The summed E-state index contributed by atoms with van der Waals surface area (Å²) < 4.78 is 6.40. The molecule has 1 fully saturated rings. The van der Waals surface area contributed by atoms with Crippen molar-refractivity contribution in [3.8, 4) is 0 Å². The van der Waals surface area contributed by atoms with Crippen molar-refractivity contribution in [3.63, 3.8) is 0 Å². The highest BCUT2D eigenvalue weighted by molar-refractivity contribution is 9.10. The van der Waals surface area contributed by atoms with Crippen LogP contribution in [0.3, 0.4) is 0 Å². The summed E-state index contributed by atoms with van der Waals surface area (Å²) in [6.45, 7) is 9.38. The van der Waals surface area contributed by atoms with Crippen LogP contribution in [0.2, 0.25) is 5.02 Å². The van der Waals surface area contributed by atoms with Crippen LogP contribution < -0.4 is 5.32 Å². The van der Waals surface area contributed by atoms with Crippen molar-refractivity contribution >= 4 is 27.5 Å². The Labute approximate surface area is 141 Å². The van der Waals surface area contributed by atoms with Crippen molar-refractivity contribution < 1.29 is 4.74 Å². The van der Waals surface area contributed by atoms with Crippen LogP contribution in [0.25, 0.3) is 0 Å². The van der Waals surface area contributed by atoms with E-state index in [2.05, 4.69) is 53.0 Å². The lowest BCUT2D eigenvalue weighted by molar-refractivity contribution is 0.00126. The Morgan fingerprint density at radius 2 is 2.10 bits per heavy atom. The summed E-state index contributed by atoms with van der Waals surface area (Å²) in [4.78, 5) is 2.52. The zero-order valence-corrected chi connectivity index (χ0v) is 15.5. The third-order valence-electron chi connectivity index (χ3n) is 3.93. The van der Waals surface area contributed by atoms with Gasteiger partial charge in [0.05, 0.1) is 6.61 Å². The van der Waals surface area contributed by atoms with Gasteiger partial charge in [-0.3, -0.25) is 4.90 Å². The monoisotopic (exact) mass is 374 g/mol. The fourth-order valence-electron chi connectivity index (χ4n) is 2.96. The van der Waals surface area contributed by atoms with Gasteiger partial charge < -0.3 is 10.1 Å². The van der Waals surface area contributed by atoms with Crippen LogP contribution in [0.4, 0.5) is 0 Å². The van der Waals surface area contributed by atoms with Gasteiger partial charge in [-0.2, -0.15) is 0 Å². The van der Waals surface area contributed by atoms with Crippen molar-refractivity contribution in [2.75, 3.05) is 26.8 Å². The molecule has 1 N–H and O–H groups in total. The average molecular weight is 376 g/mol. The lowest BCUT2D eigenvalue weighted by atomic mass is 9.95. The summed E-state index contributed by atoms with van der Waals surface area (Å²) in [6.07, 6.45) is 0. The number of nitrogens with one attached hydrogen (secondary N) is 1. The maximum absolute atomic E-state index is 6.18. The third-order valence-corrected chi connectivity index (χ3v) is 4.60. The summed E-state index contributed by atoms with van der Waals surface area (Å²) in [5, 5.41) is 4.39. The van der Waals surface area contributed by atoms with E-state index in [0.717, 1.165) is 29.2 Å². The van der Waals surface area contributed by atoms with Gasteiger partial charge in [0.25, 0.3) is 0 Å². The molecule has 3 nitrogen and oxygen atoms in total. The molecular formula is C16H24BrClN2O. The minimum atomic E-state index is 0.110. The van der Waals surface area contributed by atoms with Gasteiger partial charge in [0, 0.05) is 47.3 Å². The fourth-order valence-corrected chi connectivity index (χ4v) is 3.85. The third kappa shape index (κ3) is 4.42. The zero-order chi connectivity index (χ0) is 15.6. The van der Waals surface area contributed by atoms with E-state index < -0.39 is 0 Å². The highest BCUT2D eigenvalue weighted by Crippen LogP contribution is 2.29. The molecule has 2 atom stereocenters. The average Bonchev–Trinajstić information content (AvgIpc) is 2.37. The normalized spacial score (nSPS) is 24.3. The molecule has 1 aromatic carbocycles. The minimum absolute atomic E-state index is 0.110. The predicted octanol–water partition coefficient (Wildman–Crippen LogP) is 3.86. The van der Waals surface area contributed by atoms with E-state index in [9.17, 15) is 0 Å². The number of hydrogen-bond acceptors (Lipinski definition) is 3. The first-order chi connectivity index (χ1) is 9.81. The second-order valence-corrected chi connectivity index (χ2v) is 7.95. The second kappa shape index (κ2) is 6.97. The van der Waals surface area contributed by atoms with Crippen LogP contribution in [-0.2, 0) is 4.74 Å². The van der Waals surface area contributed by atoms with Gasteiger partial charge in [0.15, 0.2) is 0 Å². The first-order valence-electron chi connectivity index (χ1n) is 7.26. The molecule has 0 bridgehead atoms. The number of halogens is 2. The highest BCUT2D eigenvalue weighted by Gasteiger charge is 2.35. The summed E-state index contributed by atoms with van der Waals surface area (Å²) >= 11 is 9.71. The molecule has 5 heteroatoms. The van der Waals surface area contributed by atoms with E-state index in [0.29, 0.717) is 6.04 Å². The van der Waals surface area contributed by atoms with Crippen LogP contribution in [0, 0.1) is 0 Å². The van der Waals surface area contributed by atoms with Crippen LogP contribution >= 0.6 is 27.5 Å². The Morgan fingerprint density at radius 1 is 1.38 bits per heavy atom. The Kier molecular flexibility index (Phi) is 5.71. The number of methoxy groups -OCH3 is 1. The van der Waals surface area contributed by atoms with E-state index in [4.69, 9.17) is 16.3 Å². The number of rotatable bonds is 3. The van der Waals surface area contributed by atoms with Crippen LogP contribution in [0.5, 0.6) is 0 Å². The number of hydrogen-bond donors (Lipinski definition) is 1. The van der Waals surface area contributed by atoms with E-state index in [-0.39, 0.29) is 11.6 Å². The Balaban J connectivity index is 2.21. The first-order valence-corrected chi connectivity index (χ1v) is 8.43. The van der Waals surface area contributed by atoms with Crippen LogP contribution in [0.1, 0.15) is 32.4 Å². The van der Waals surface area contributed by atoms with Gasteiger partial charge in [0.2, 0.25) is 0 Å². The molecule has 0 spiro atoms. The summed E-state index contributed by atoms with van der Waals surface area (Å²) in [5.74, 6) is 0. The van der Waals surface area contributed by atoms with Crippen molar-refractivity contribution in [2.45, 2.75) is 38.4 Å². The van der Waals surface area contributed by atoms with E-state index in [1.165, 1.54) is 5.56 Å². The van der Waals surface area contributed by atoms with Gasteiger partial charge in [-0.1, -0.05) is 27.5 Å². The highest BCUT2D eigenvalue weighted by atomic mass is 79.9. The van der Waals surface area contributed by atoms with E-state index >= 15 is 0 Å². The molecular weight excluding hydrogens is 352 g/mol. The molecule has 0 unspecified atom stereocenters. The second-order valence-electron chi connectivity index (χ2n) is 6.60. The van der Waals surface area contributed by atoms with Gasteiger partial charge in [-0.05, 0) is 44.5 Å². The number of nitrogens with zero attached hydrogens (tertiary/aromatic N) is 1. The Hall–Kier alpha value is -0.130. The smallest absolute Gasteiger partial charge is 0.0630 e. The van der Waals surface area contributed by atoms with Gasteiger partial charge >= 0.3 is 0 Å². The predicted molar refractivity (Wildman–Crippen MR) is 92.0 cm³/mol. The van der Waals surface area contributed by atoms with Crippen molar-refractivity contribution in [1.82, 2.24) is 10.2 Å². The zero-order valence-electron chi connectivity index (χ0n) is 13.1. The molecule has 2 rings (SSSR count). The Bertz CT molecular complexity index is 469. The van der Waals surface area contributed by atoms with Gasteiger partial charge in [0.1, 0.15) is 0 Å². The van der Waals surface area contributed by atoms with Crippen LogP contribution in [-0.4, -0.2) is 43.3 Å². The molecule has 1 aliphatic rings. The van der Waals surface area contributed by atoms with Crippen LogP contribution in [0.15, 0.2) is 22.7 Å². The fraction of sp³-hybridized carbons (Fsp3) is 0.625.